The van der Waals surface area contributed by atoms with E-state index in [0.717, 1.165) is 32.1 Å². The summed E-state index contributed by atoms with van der Waals surface area (Å²) in [5.74, 6) is -0.0641. The van der Waals surface area contributed by atoms with Gasteiger partial charge in [-0.05, 0) is 35.6 Å². The SMILES string of the molecule is CCCCC(CC)C(=O)OOOCC(C)CC(C)(C)C. The summed E-state index contributed by atoms with van der Waals surface area (Å²) in [6, 6.07) is 0. The fraction of sp³-hybridized carbons (Fsp3) is 0.938. The Balaban J connectivity index is 3.80. The third kappa shape index (κ3) is 10.2. The Bertz CT molecular complexity index is 258. The highest BCUT2D eigenvalue weighted by molar-refractivity contribution is 5.71. The topological polar surface area (TPSA) is 44.8 Å². The van der Waals surface area contributed by atoms with Gasteiger partial charge in [0.25, 0.3) is 0 Å². The molecule has 120 valence electrons. The van der Waals surface area contributed by atoms with Crippen molar-refractivity contribution in [1.82, 2.24) is 0 Å². The second-order valence-corrected chi connectivity index (χ2v) is 6.87. The van der Waals surface area contributed by atoms with Crippen LogP contribution in [0.25, 0.3) is 0 Å². The molecule has 0 fully saturated rings. The zero-order valence-electron chi connectivity index (χ0n) is 14.0. The quantitative estimate of drug-likeness (QED) is 0.332. The largest absolute Gasteiger partial charge is 0.348 e. The number of carbonyl (C=O) groups is 1. The molecule has 2 atom stereocenters. The van der Waals surface area contributed by atoms with E-state index in [4.69, 9.17) is 9.78 Å². The molecule has 0 heterocycles. The molecule has 0 rings (SSSR count). The minimum atomic E-state index is -0.329. The summed E-state index contributed by atoms with van der Waals surface area (Å²) < 4.78 is 0. The molecule has 2 unspecified atom stereocenters. The number of rotatable bonds is 10. The molecule has 4 nitrogen and oxygen atoms in total. The summed E-state index contributed by atoms with van der Waals surface area (Å²) in [7, 11) is 0. The Morgan fingerprint density at radius 2 is 1.85 bits per heavy atom. The molecular weight excluding hydrogens is 256 g/mol. The zero-order valence-corrected chi connectivity index (χ0v) is 14.0. The molecule has 0 saturated heterocycles. The van der Waals surface area contributed by atoms with Crippen LogP contribution in [0.3, 0.4) is 0 Å². The van der Waals surface area contributed by atoms with Gasteiger partial charge in [-0.3, -0.25) is 4.89 Å². The van der Waals surface area contributed by atoms with E-state index >= 15 is 0 Å². The maximum absolute atomic E-state index is 11.7. The molecule has 0 N–H and O–H groups in total. The Hall–Kier alpha value is -0.610. The van der Waals surface area contributed by atoms with Gasteiger partial charge in [0.05, 0.1) is 12.5 Å². The number of unbranched alkanes of at least 4 members (excludes halogenated alkanes) is 1. The second kappa shape index (κ2) is 10.2. The third-order valence-corrected chi connectivity index (χ3v) is 3.21. The van der Waals surface area contributed by atoms with Crippen LogP contribution in [0, 0.1) is 17.3 Å². The van der Waals surface area contributed by atoms with E-state index in [2.05, 4.69) is 39.7 Å². The summed E-state index contributed by atoms with van der Waals surface area (Å²) in [4.78, 5) is 21.4. The van der Waals surface area contributed by atoms with E-state index in [0.29, 0.717) is 12.5 Å². The van der Waals surface area contributed by atoms with Crippen molar-refractivity contribution >= 4 is 5.97 Å². The third-order valence-electron chi connectivity index (χ3n) is 3.21. The van der Waals surface area contributed by atoms with Gasteiger partial charge >= 0.3 is 5.97 Å². The summed E-state index contributed by atoms with van der Waals surface area (Å²) in [5.41, 5.74) is 0.257. The van der Waals surface area contributed by atoms with Crippen molar-refractivity contribution in [3.8, 4) is 0 Å². The molecule has 0 saturated carbocycles. The lowest BCUT2D eigenvalue weighted by Gasteiger charge is -2.22. The highest BCUT2D eigenvalue weighted by Gasteiger charge is 2.20. The van der Waals surface area contributed by atoms with Gasteiger partial charge in [0, 0.05) is 0 Å². The van der Waals surface area contributed by atoms with E-state index in [9.17, 15) is 4.79 Å². The molecule has 0 bridgehead atoms. The zero-order chi connectivity index (χ0) is 15.6. The maximum atomic E-state index is 11.7. The predicted molar refractivity (Wildman–Crippen MR) is 79.7 cm³/mol. The molecule has 0 aliphatic heterocycles. The van der Waals surface area contributed by atoms with E-state index in [1.165, 1.54) is 0 Å². The van der Waals surface area contributed by atoms with Crippen LogP contribution >= 0.6 is 0 Å². The maximum Gasteiger partial charge on any atom is 0.348 e. The van der Waals surface area contributed by atoms with Crippen LogP contribution in [0.4, 0.5) is 0 Å². The van der Waals surface area contributed by atoms with Crippen molar-refractivity contribution < 1.29 is 19.6 Å². The second-order valence-electron chi connectivity index (χ2n) is 6.87. The molecular formula is C16H32O4. The van der Waals surface area contributed by atoms with E-state index < -0.39 is 0 Å². The Morgan fingerprint density at radius 1 is 1.20 bits per heavy atom. The van der Waals surface area contributed by atoms with Gasteiger partial charge in [0.1, 0.15) is 0 Å². The van der Waals surface area contributed by atoms with Crippen molar-refractivity contribution in [2.45, 2.75) is 73.6 Å². The van der Waals surface area contributed by atoms with Crippen LogP contribution in [0.1, 0.15) is 73.6 Å². The average molecular weight is 288 g/mol. The fourth-order valence-corrected chi connectivity index (χ4v) is 2.31. The normalized spacial score (nSPS) is 14.9. The van der Waals surface area contributed by atoms with Crippen molar-refractivity contribution in [2.24, 2.45) is 17.3 Å². The minimum absolute atomic E-state index is 0.0921. The van der Waals surface area contributed by atoms with Crippen LogP contribution in [0.15, 0.2) is 0 Å². The first-order valence-corrected chi connectivity index (χ1v) is 7.80. The van der Waals surface area contributed by atoms with Gasteiger partial charge in [0.15, 0.2) is 0 Å². The Kier molecular flexibility index (Phi) is 9.86. The first-order valence-electron chi connectivity index (χ1n) is 7.80. The molecule has 20 heavy (non-hydrogen) atoms. The van der Waals surface area contributed by atoms with Gasteiger partial charge in [-0.1, -0.05) is 54.4 Å². The molecule has 4 heteroatoms. The standard InChI is InChI=1S/C16H32O4/c1-7-9-10-14(8-2)15(17)19-20-18-12-13(3)11-16(4,5)6/h13-14H,7-12H2,1-6H3. The highest BCUT2D eigenvalue weighted by Crippen LogP contribution is 2.24. The van der Waals surface area contributed by atoms with Crippen molar-refractivity contribution in [3.05, 3.63) is 0 Å². The Morgan fingerprint density at radius 3 is 2.35 bits per heavy atom. The van der Waals surface area contributed by atoms with Crippen LogP contribution in [-0.2, 0) is 19.6 Å². The van der Waals surface area contributed by atoms with Gasteiger partial charge < -0.3 is 0 Å². The van der Waals surface area contributed by atoms with Crippen LogP contribution in [0.5, 0.6) is 0 Å². The van der Waals surface area contributed by atoms with Gasteiger partial charge in [-0.25, -0.2) is 4.79 Å². The lowest BCUT2D eigenvalue weighted by molar-refractivity contribution is -0.490. The lowest BCUT2D eigenvalue weighted by Crippen LogP contribution is -2.19. The van der Waals surface area contributed by atoms with E-state index in [-0.39, 0.29) is 17.3 Å². The van der Waals surface area contributed by atoms with E-state index in [1.807, 2.05) is 6.92 Å². The number of hydrogen-bond acceptors (Lipinski definition) is 4. The summed E-state index contributed by atoms with van der Waals surface area (Å²) in [5, 5.41) is 4.59. The van der Waals surface area contributed by atoms with Crippen LogP contribution in [-0.4, -0.2) is 12.6 Å². The fourth-order valence-electron chi connectivity index (χ4n) is 2.31. The summed E-state index contributed by atoms with van der Waals surface area (Å²) in [6.07, 6.45) is 4.74. The highest BCUT2D eigenvalue weighted by atomic mass is 17.5. The molecule has 0 aromatic heterocycles. The number of hydrogen-bond donors (Lipinski definition) is 0. The minimum Gasteiger partial charge on any atom is -0.269 e. The molecule has 0 aromatic carbocycles. The lowest BCUT2D eigenvalue weighted by atomic mass is 9.86. The van der Waals surface area contributed by atoms with Crippen molar-refractivity contribution in [1.29, 1.82) is 0 Å². The summed E-state index contributed by atoms with van der Waals surface area (Å²) in [6.45, 7) is 13.2. The van der Waals surface area contributed by atoms with Gasteiger partial charge in [-0.2, -0.15) is 4.89 Å². The van der Waals surface area contributed by atoms with E-state index in [1.54, 1.807) is 0 Å². The summed E-state index contributed by atoms with van der Waals surface area (Å²) >= 11 is 0. The van der Waals surface area contributed by atoms with Crippen LogP contribution in [0.2, 0.25) is 0 Å². The molecule has 0 radical (unpaired) electrons. The molecule has 0 aromatic rings. The first kappa shape index (κ1) is 19.4. The first-order chi connectivity index (χ1) is 9.30. The van der Waals surface area contributed by atoms with Crippen molar-refractivity contribution in [3.63, 3.8) is 0 Å². The smallest absolute Gasteiger partial charge is 0.269 e. The molecule has 0 aliphatic carbocycles. The Labute approximate surface area is 124 Å². The average Bonchev–Trinajstić information content (AvgIpc) is 2.33. The molecule has 0 aliphatic rings. The van der Waals surface area contributed by atoms with Crippen molar-refractivity contribution in [2.75, 3.05) is 6.61 Å². The number of carbonyl (C=O) groups excluding carboxylic acids is 1. The van der Waals surface area contributed by atoms with Gasteiger partial charge in [-0.15, -0.1) is 0 Å². The monoisotopic (exact) mass is 288 g/mol. The molecule has 0 amide bonds. The van der Waals surface area contributed by atoms with Gasteiger partial charge in [0.2, 0.25) is 0 Å². The molecule has 0 spiro atoms. The van der Waals surface area contributed by atoms with Crippen LogP contribution < -0.4 is 0 Å². The predicted octanol–water partition coefficient (Wildman–Crippen LogP) is 4.68.